The van der Waals surface area contributed by atoms with E-state index in [2.05, 4.69) is 15.5 Å². The number of sulfonamides is 1. The highest BCUT2D eigenvalue weighted by Gasteiger charge is 2.27. The maximum Gasteiger partial charge on any atom is 0.243 e. The van der Waals surface area contributed by atoms with Crippen LogP contribution in [0.15, 0.2) is 47.4 Å². The molecule has 0 aromatic heterocycles. The van der Waals surface area contributed by atoms with Crippen molar-refractivity contribution in [1.82, 2.24) is 4.31 Å². The average molecular weight is 517 g/mol. The van der Waals surface area contributed by atoms with Gasteiger partial charge in [-0.25, -0.2) is 8.42 Å². The fourth-order valence-electron chi connectivity index (χ4n) is 4.78. The molecule has 0 saturated carbocycles. The summed E-state index contributed by atoms with van der Waals surface area (Å²) in [5.41, 5.74) is 2.49. The van der Waals surface area contributed by atoms with E-state index in [1.807, 2.05) is 30.3 Å². The van der Waals surface area contributed by atoms with Crippen molar-refractivity contribution in [2.75, 3.05) is 48.8 Å². The largest absolute Gasteiger partial charge is 0.497 e. The van der Waals surface area contributed by atoms with Gasteiger partial charge >= 0.3 is 0 Å². The van der Waals surface area contributed by atoms with E-state index >= 15 is 0 Å². The van der Waals surface area contributed by atoms with Crippen LogP contribution >= 0.6 is 12.2 Å². The Labute approximate surface area is 214 Å². The first-order valence-corrected chi connectivity index (χ1v) is 14.4. The van der Waals surface area contributed by atoms with Gasteiger partial charge in [-0.05, 0) is 68.2 Å². The lowest BCUT2D eigenvalue weighted by atomic mass is 10.2. The van der Waals surface area contributed by atoms with Crippen LogP contribution in [0.25, 0.3) is 0 Å². The van der Waals surface area contributed by atoms with Crippen LogP contribution in [-0.2, 0) is 10.0 Å². The van der Waals surface area contributed by atoms with E-state index in [9.17, 15) is 8.42 Å². The van der Waals surface area contributed by atoms with Gasteiger partial charge in [-0.15, -0.1) is 0 Å². The summed E-state index contributed by atoms with van der Waals surface area (Å²) in [6.07, 6.45) is 8.66. The van der Waals surface area contributed by atoms with Crippen LogP contribution in [-0.4, -0.2) is 51.1 Å². The maximum atomic E-state index is 13.5. The number of nitrogens with zero attached hydrogens (tertiary/aromatic N) is 2. The molecule has 190 valence electrons. The monoisotopic (exact) mass is 516 g/mol. The molecule has 0 aliphatic carbocycles. The van der Waals surface area contributed by atoms with Crippen LogP contribution in [0, 0.1) is 0 Å². The summed E-state index contributed by atoms with van der Waals surface area (Å²) in [5.74, 6) is 0.730. The topological polar surface area (TPSA) is 73.9 Å². The zero-order valence-corrected chi connectivity index (χ0v) is 22.1. The molecule has 4 rings (SSSR count). The van der Waals surface area contributed by atoms with Gasteiger partial charge < -0.3 is 20.3 Å². The Kier molecular flexibility index (Phi) is 8.86. The van der Waals surface area contributed by atoms with Gasteiger partial charge in [0, 0.05) is 37.9 Å². The molecule has 0 radical (unpaired) electrons. The van der Waals surface area contributed by atoms with E-state index in [0.717, 1.165) is 68.7 Å². The Morgan fingerprint density at radius 2 is 1.51 bits per heavy atom. The van der Waals surface area contributed by atoms with Crippen LogP contribution in [0.5, 0.6) is 5.75 Å². The van der Waals surface area contributed by atoms with E-state index in [4.69, 9.17) is 17.0 Å². The number of thiocarbonyl (C=S) groups is 1. The highest BCUT2D eigenvalue weighted by molar-refractivity contribution is 7.89. The summed E-state index contributed by atoms with van der Waals surface area (Å²) >= 11 is 5.62. The van der Waals surface area contributed by atoms with E-state index in [0.29, 0.717) is 28.8 Å². The van der Waals surface area contributed by atoms with Crippen LogP contribution in [0.3, 0.4) is 0 Å². The van der Waals surface area contributed by atoms with Crippen LogP contribution in [0.2, 0.25) is 0 Å². The number of anilines is 3. The van der Waals surface area contributed by atoms with Crippen molar-refractivity contribution in [3.05, 3.63) is 42.5 Å². The van der Waals surface area contributed by atoms with Gasteiger partial charge in [0.15, 0.2) is 5.11 Å². The minimum atomic E-state index is -3.57. The standard InChI is InChI=1S/C26H36N4O3S2/c1-33-22-12-10-11-21(19-22)27-26(34)28-24-20-23(35(31,32)30-17-8-4-5-9-18-30)13-14-25(24)29-15-6-2-3-7-16-29/h10-14,19-20H,2-9,15-18H2,1H3,(H2,27,28,34). The number of benzene rings is 2. The second kappa shape index (κ2) is 12.1. The molecule has 2 aromatic rings. The van der Waals surface area contributed by atoms with Crippen molar-refractivity contribution in [3.8, 4) is 5.75 Å². The van der Waals surface area contributed by atoms with Gasteiger partial charge in [0.2, 0.25) is 10.0 Å². The average Bonchev–Trinajstić information content (AvgIpc) is 3.30. The SMILES string of the molecule is COc1cccc(NC(=S)Nc2cc(S(=O)(=O)N3CCCCCC3)ccc2N2CCCCCC2)c1. The number of nitrogens with one attached hydrogen (secondary N) is 2. The molecule has 2 fully saturated rings. The van der Waals surface area contributed by atoms with Crippen molar-refractivity contribution in [1.29, 1.82) is 0 Å². The van der Waals surface area contributed by atoms with Gasteiger partial charge in [0.25, 0.3) is 0 Å². The number of hydrogen-bond acceptors (Lipinski definition) is 5. The molecule has 2 heterocycles. The lowest BCUT2D eigenvalue weighted by molar-refractivity contribution is 0.415. The molecule has 0 unspecified atom stereocenters. The molecule has 0 bridgehead atoms. The van der Waals surface area contributed by atoms with Gasteiger partial charge in [-0.3, -0.25) is 0 Å². The van der Waals surface area contributed by atoms with Crippen LogP contribution < -0.4 is 20.3 Å². The molecule has 0 atom stereocenters. The predicted molar refractivity (Wildman–Crippen MR) is 147 cm³/mol. The molecule has 0 spiro atoms. The second-order valence-corrected chi connectivity index (χ2v) is 11.6. The van der Waals surface area contributed by atoms with Gasteiger partial charge in [0.1, 0.15) is 5.75 Å². The minimum Gasteiger partial charge on any atom is -0.497 e. The fourth-order valence-corrected chi connectivity index (χ4v) is 6.55. The smallest absolute Gasteiger partial charge is 0.243 e. The lowest BCUT2D eigenvalue weighted by Crippen LogP contribution is -2.32. The first-order chi connectivity index (χ1) is 17.0. The van der Waals surface area contributed by atoms with Crippen molar-refractivity contribution < 1.29 is 13.2 Å². The molecule has 2 N–H and O–H groups in total. The van der Waals surface area contributed by atoms with Crippen molar-refractivity contribution >= 4 is 44.4 Å². The Morgan fingerprint density at radius 3 is 2.17 bits per heavy atom. The quantitative estimate of drug-likeness (QED) is 0.495. The number of ether oxygens (including phenoxy) is 1. The maximum absolute atomic E-state index is 13.5. The van der Waals surface area contributed by atoms with Crippen molar-refractivity contribution in [2.24, 2.45) is 0 Å². The highest BCUT2D eigenvalue weighted by Crippen LogP contribution is 2.32. The van der Waals surface area contributed by atoms with Crippen molar-refractivity contribution in [3.63, 3.8) is 0 Å². The van der Waals surface area contributed by atoms with E-state index in [-0.39, 0.29) is 0 Å². The molecule has 2 aliphatic rings. The highest BCUT2D eigenvalue weighted by atomic mass is 32.2. The predicted octanol–water partition coefficient (Wildman–Crippen LogP) is 5.45. The van der Waals surface area contributed by atoms with E-state index < -0.39 is 10.0 Å². The number of rotatable bonds is 6. The summed E-state index contributed by atoms with van der Waals surface area (Å²) in [4.78, 5) is 2.65. The first-order valence-electron chi connectivity index (χ1n) is 12.6. The Hall–Kier alpha value is -2.36. The number of methoxy groups -OCH3 is 1. The normalized spacial score (nSPS) is 17.8. The molecule has 2 aliphatic heterocycles. The van der Waals surface area contributed by atoms with Gasteiger partial charge in [0.05, 0.1) is 23.4 Å². The third-order valence-electron chi connectivity index (χ3n) is 6.69. The summed E-state index contributed by atoms with van der Waals surface area (Å²) in [5, 5.41) is 6.90. The zero-order valence-electron chi connectivity index (χ0n) is 20.5. The second-order valence-electron chi connectivity index (χ2n) is 9.21. The Balaban J connectivity index is 1.62. The minimum absolute atomic E-state index is 0.310. The van der Waals surface area contributed by atoms with E-state index in [1.54, 1.807) is 23.5 Å². The summed E-state index contributed by atoms with van der Waals surface area (Å²) in [6, 6.07) is 13.0. The van der Waals surface area contributed by atoms with Crippen LogP contribution in [0.1, 0.15) is 51.4 Å². The third-order valence-corrected chi connectivity index (χ3v) is 8.79. The van der Waals surface area contributed by atoms with Gasteiger partial charge in [-0.2, -0.15) is 4.31 Å². The summed E-state index contributed by atoms with van der Waals surface area (Å²) < 4.78 is 33.9. The molecule has 0 amide bonds. The summed E-state index contributed by atoms with van der Waals surface area (Å²) in [7, 11) is -1.95. The molecular weight excluding hydrogens is 480 g/mol. The number of hydrogen-bond donors (Lipinski definition) is 2. The van der Waals surface area contributed by atoms with Gasteiger partial charge in [-0.1, -0.05) is 31.7 Å². The molecule has 7 nitrogen and oxygen atoms in total. The lowest BCUT2D eigenvalue weighted by Gasteiger charge is -2.27. The van der Waals surface area contributed by atoms with Crippen molar-refractivity contribution in [2.45, 2.75) is 56.3 Å². The molecule has 2 saturated heterocycles. The zero-order chi connectivity index (χ0) is 24.7. The Bertz CT molecular complexity index is 1110. The van der Waals surface area contributed by atoms with E-state index in [1.165, 1.54) is 12.8 Å². The summed E-state index contributed by atoms with van der Waals surface area (Å²) in [6.45, 7) is 3.05. The fraction of sp³-hybridized carbons (Fsp3) is 0.500. The molecule has 2 aromatic carbocycles. The third kappa shape index (κ3) is 6.65. The Morgan fingerprint density at radius 1 is 0.857 bits per heavy atom. The molecule has 35 heavy (non-hydrogen) atoms. The molecular formula is C26H36N4O3S2. The molecule has 9 heteroatoms. The first kappa shape index (κ1) is 25.7. The van der Waals surface area contributed by atoms with Crippen LogP contribution in [0.4, 0.5) is 17.1 Å².